The van der Waals surface area contributed by atoms with Gasteiger partial charge in [0.15, 0.2) is 11.6 Å². The molecule has 0 spiro atoms. The minimum Gasteiger partial charge on any atom is -0.369 e. The van der Waals surface area contributed by atoms with Gasteiger partial charge in [-0.25, -0.2) is 4.98 Å². The molecule has 1 fully saturated rings. The number of para-hydroxylation sites is 1. The molecule has 12 heteroatoms. The van der Waals surface area contributed by atoms with Crippen molar-refractivity contribution in [3.05, 3.63) is 76.5 Å². The van der Waals surface area contributed by atoms with E-state index in [1.54, 1.807) is 22.9 Å². The van der Waals surface area contributed by atoms with Gasteiger partial charge in [-0.2, -0.15) is 10.1 Å². The molecule has 200 valence electrons. The molecule has 4 aromatic rings. The van der Waals surface area contributed by atoms with Crippen LogP contribution in [-0.2, 0) is 7.05 Å². The Morgan fingerprint density at radius 1 is 1.05 bits per heavy atom. The molecular weight excluding hydrogens is 537 g/mol. The van der Waals surface area contributed by atoms with Crippen molar-refractivity contribution in [3.63, 3.8) is 0 Å². The number of aryl methyl sites for hydroxylation is 1. The number of amides is 1. The van der Waals surface area contributed by atoms with Crippen molar-refractivity contribution in [1.82, 2.24) is 25.1 Å². The van der Waals surface area contributed by atoms with Gasteiger partial charge in [-0.3, -0.25) is 19.3 Å². The second-order valence-corrected chi connectivity index (χ2v) is 10.4. The van der Waals surface area contributed by atoms with Crippen molar-refractivity contribution >= 4 is 63.8 Å². The zero-order valence-electron chi connectivity index (χ0n) is 21.5. The van der Waals surface area contributed by atoms with Crippen LogP contribution in [0.1, 0.15) is 17.3 Å². The highest BCUT2D eigenvalue weighted by Crippen LogP contribution is 2.39. The summed E-state index contributed by atoms with van der Waals surface area (Å²) in [7, 11) is 1.83. The molecule has 0 saturated carbocycles. The predicted octanol–water partition coefficient (Wildman–Crippen LogP) is 4.81. The van der Waals surface area contributed by atoms with Gasteiger partial charge in [-0.15, -0.1) is 0 Å². The quantitative estimate of drug-likeness (QED) is 0.357. The zero-order chi connectivity index (χ0) is 27.1. The van der Waals surface area contributed by atoms with Crippen LogP contribution in [0.3, 0.4) is 0 Å². The molecular formula is C27H27Cl2N9O. The number of piperazine rings is 1. The lowest BCUT2D eigenvalue weighted by Gasteiger charge is -2.36. The van der Waals surface area contributed by atoms with Crippen molar-refractivity contribution < 1.29 is 4.79 Å². The van der Waals surface area contributed by atoms with Crippen LogP contribution >= 0.6 is 23.2 Å². The van der Waals surface area contributed by atoms with Crippen molar-refractivity contribution in [3.8, 4) is 0 Å². The Kier molecular flexibility index (Phi) is 6.76. The molecule has 0 bridgehead atoms. The first-order valence-corrected chi connectivity index (χ1v) is 13.4. The van der Waals surface area contributed by atoms with E-state index in [0.717, 1.165) is 25.3 Å². The predicted molar refractivity (Wildman–Crippen MR) is 155 cm³/mol. The van der Waals surface area contributed by atoms with Gasteiger partial charge in [0.05, 0.1) is 15.7 Å². The van der Waals surface area contributed by atoms with Gasteiger partial charge in [0.25, 0.3) is 5.91 Å². The van der Waals surface area contributed by atoms with Gasteiger partial charge in [-0.05, 0) is 43.3 Å². The summed E-state index contributed by atoms with van der Waals surface area (Å²) in [5.41, 5.74) is 2.76. The first-order valence-electron chi connectivity index (χ1n) is 12.6. The molecule has 0 aliphatic carbocycles. The smallest absolute Gasteiger partial charge is 0.265 e. The summed E-state index contributed by atoms with van der Waals surface area (Å²) < 4.78 is 1.69. The van der Waals surface area contributed by atoms with E-state index in [-0.39, 0.29) is 12.6 Å². The number of hydrogen-bond acceptors (Lipinski definition) is 8. The molecule has 0 radical (unpaired) electrons. The minimum atomic E-state index is -0.298. The van der Waals surface area contributed by atoms with Crippen LogP contribution in [0.5, 0.6) is 0 Å². The standard InChI is InChI=1S/C27H27Cl2N9O/c1-17-15-36(13-11-30-17)19-8-6-18(7-9-19)32-27-31-14-20-25(33-27)37(23-10-12-35(2)34-23)16-38(26(20)39)24-21(28)4-3-5-22(24)29/h3-10,12,14,17,30H,11,13,15-16H2,1-2H3,(H,31,32,33)/t17-/m1/s1. The topological polar surface area (TPSA) is 94.4 Å². The maximum absolute atomic E-state index is 13.6. The van der Waals surface area contributed by atoms with Gasteiger partial charge in [0.2, 0.25) is 5.95 Å². The summed E-state index contributed by atoms with van der Waals surface area (Å²) in [6, 6.07) is 15.7. The molecule has 6 rings (SSSR count). The number of benzene rings is 2. The summed E-state index contributed by atoms with van der Waals surface area (Å²) in [6.07, 6.45) is 3.36. The number of nitrogens with one attached hydrogen (secondary N) is 2. The highest BCUT2D eigenvalue weighted by molar-refractivity contribution is 6.40. The Hall–Kier alpha value is -3.86. The lowest BCUT2D eigenvalue weighted by molar-refractivity contribution is 0.0982. The maximum Gasteiger partial charge on any atom is 0.265 e. The van der Waals surface area contributed by atoms with E-state index < -0.39 is 0 Å². The van der Waals surface area contributed by atoms with E-state index in [2.05, 4.69) is 44.7 Å². The molecule has 39 heavy (non-hydrogen) atoms. The molecule has 2 aromatic heterocycles. The van der Waals surface area contributed by atoms with Gasteiger partial charge < -0.3 is 15.5 Å². The first kappa shape index (κ1) is 25.4. The molecule has 2 aliphatic rings. The number of carbonyl (C=O) groups excluding carboxylic acids is 1. The molecule has 1 amide bonds. The van der Waals surface area contributed by atoms with E-state index >= 15 is 0 Å². The van der Waals surface area contributed by atoms with E-state index in [4.69, 9.17) is 28.2 Å². The summed E-state index contributed by atoms with van der Waals surface area (Å²) in [6.45, 7) is 5.22. The lowest BCUT2D eigenvalue weighted by Crippen LogP contribution is -2.49. The van der Waals surface area contributed by atoms with Crippen molar-refractivity contribution in [2.45, 2.75) is 13.0 Å². The Labute approximate surface area is 236 Å². The summed E-state index contributed by atoms with van der Waals surface area (Å²) in [5, 5.41) is 12.0. The minimum absolute atomic E-state index is 0.126. The van der Waals surface area contributed by atoms with E-state index in [1.165, 1.54) is 16.8 Å². The fourth-order valence-corrected chi connectivity index (χ4v) is 5.51. The third kappa shape index (κ3) is 4.98. The van der Waals surface area contributed by atoms with E-state index in [1.807, 2.05) is 36.3 Å². The molecule has 0 unspecified atom stereocenters. The summed E-state index contributed by atoms with van der Waals surface area (Å²) in [5.74, 6) is 1.14. The van der Waals surface area contributed by atoms with Crippen molar-refractivity contribution in [2.75, 3.05) is 46.3 Å². The second kappa shape index (κ2) is 10.4. The second-order valence-electron chi connectivity index (χ2n) is 9.62. The Bertz CT molecular complexity index is 1500. The molecule has 2 aromatic carbocycles. The molecule has 10 nitrogen and oxygen atoms in total. The third-order valence-electron chi connectivity index (χ3n) is 6.82. The number of fused-ring (bicyclic) bond motifs is 1. The normalized spacial score (nSPS) is 17.4. The number of rotatable bonds is 5. The molecule has 4 heterocycles. The summed E-state index contributed by atoms with van der Waals surface area (Å²) >= 11 is 12.9. The van der Waals surface area contributed by atoms with Crippen LogP contribution in [0, 0.1) is 0 Å². The number of carbonyl (C=O) groups is 1. The first-order chi connectivity index (χ1) is 18.9. The molecule has 1 atom stereocenters. The highest BCUT2D eigenvalue weighted by atomic mass is 35.5. The molecule has 2 aliphatic heterocycles. The van der Waals surface area contributed by atoms with Crippen LogP contribution in [0.4, 0.5) is 34.6 Å². The fraction of sp³-hybridized carbons (Fsp3) is 0.259. The maximum atomic E-state index is 13.6. The Morgan fingerprint density at radius 2 is 1.82 bits per heavy atom. The monoisotopic (exact) mass is 563 g/mol. The Balaban J connectivity index is 1.32. The third-order valence-corrected chi connectivity index (χ3v) is 7.43. The van der Waals surface area contributed by atoms with Crippen LogP contribution in [0.2, 0.25) is 10.0 Å². The number of hydrogen-bond donors (Lipinski definition) is 2. The van der Waals surface area contributed by atoms with Crippen LogP contribution in [0.25, 0.3) is 0 Å². The zero-order valence-corrected chi connectivity index (χ0v) is 23.0. The lowest BCUT2D eigenvalue weighted by atomic mass is 10.1. The molecule has 1 saturated heterocycles. The van der Waals surface area contributed by atoms with Crippen LogP contribution in [0.15, 0.2) is 60.9 Å². The largest absolute Gasteiger partial charge is 0.369 e. The number of aromatic nitrogens is 4. The average Bonchev–Trinajstić information content (AvgIpc) is 3.36. The summed E-state index contributed by atoms with van der Waals surface area (Å²) in [4.78, 5) is 28.6. The average molecular weight is 564 g/mol. The fourth-order valence-electron chi connectivity index (χ4n) is 4.91. The van der Waals surface area contributed by atoms with Gasteiger partial charge in [0, 0.05) is 62.6 Å². The molecule has 2 N–H and O–H groups in total. The Morgan fingerprint density at radius 3 is 2.51 bits per heavy atom. The number of anilines is 6. The van der Waals surface area contributed by atoms with E-state index in [0.29, 0.717) is 44.9 Å². The van der Waals surface area contributed by atoms with Gasteiger partial charge >= 0.3 is 0 Å². The number of halogens is 2. The van der Waals surface area contributed by atoms with E-state index in [9.17, 15) is 4.79 Å². The van der Waals surface area contributed by atoms with Gasteiger partial charge in [-0.1, -0.05) is 29.3 Å². The van der Waals surface area contributed by atoms with Crippen LogP contribution in [-0.4, -0.2) is 58.0 Å². The van der Waals surface area contributed by atoms with Crippen molar-refractivity contribution in [2.24, 2.45) is 7.05 Å². The highest BCUT2D eigenvalue weighted by Gasteiger charge is 2.35. The van der Waals surface area contributed by atoms with Gasteiger partial charge in [0.1, 0.15) is 12.2 Å². The SMILES string of the molecule is C[C@@H]1CN(c2ccc(Nc3ncc4c(n3)N(c3ccn(C)n3)CN(c3c(Cl)cccc3Cl)C4=O)cc2)CCN1. The number of nitrogens with zero attached hydrogens (tertiary/aromatic N) is 7. The van der Waals surface area contributed by atoms with Crippen molar-refractivity contribution in [1.29, 1.82) is 0 Å². The van der Waals surface area contributed by atoms with Crippen LogP contribution < -0.4 is 25.3 Å².